The van der Waals surface area contributed by atoms with E-state index in [0.29, 0.717) is 43.9 Å². The van der Waals surface area contributed by atoms with E-state index in [1.807, 2.05) is 32.0 Å². The lowest BCUT2D eigenvalue weighted by atomic mass is 9.82. The molecule has 1 N–H and O–H groups in total. The number of nitrogens with zero attached hydrogens (tertiary/aromatic N) is 5. The lowest BCUT2D eigenvalue weighted by Crippen LogP contribution is -2.59. The fourth-order valence-corrected chi connectivity index (χ4v) is 5.71. The molecule has 0 radical (unpaired) electrons. The Hall–Kier alpha value is -3.83. The first-order valence-corrected chi connectivity index (χ1v) is 14.7. The van der Waals surface area contributed by atoms with Gasteiger partial charge >= 0.3 is 6.09 Å². The van der Waals surface area contributed by atoms with Gasteiger partial charge in [-0.2, -0.15) is 5.10 Å². The van der Waals surface area contributed by atoms with Crippen molar-refractivity contribution in [2.45, 2.75) is 84.3 Å². The Morgan fingerprint density at radius 3 is 2.21 bits per heavy atom. The molecule has 1 saturated heterocycles. The smallest absolute Gasteiger partial charge is 0.408 e. The number of likely N-dealkylation sites (tertiary alicyclic amines) is 1. The third-order valence-corrected chi connectivity index (χ3v) is 8.12. The van der Waals surface area contributed by atoms with Gasteiger partial charge in [0.1, 0.15) is 6.04 Å². The largest absolute Gasteiger partial charge is 0.493 e. The SMILES string of the molecule is COc1ccc(C2=NN(C3CCN(C(=O)[C@@H](CCC(=O)N(C)C)N(C(=O)O)C(C)(C)C)CC3)C(=O)C(C)(C)C2)cc1OC. The highest BCUT2D eigenvalue weighted by Gasteiger charge is 2.44. The van der Waals surface area contributed by atoms with Crippen LogP contribution in [-0.4, -0.2) is 113 Å². The van der Waals surface area contributed by atoms with Gasteiger partial charge in [0, 0.05) is 51.1 Å². The fraction of sp³-hybridized carbons (Fsp3) is 0.645. The van der Waals surface area contributed by atoms with Crippen LogP contribution in [0, 0.1) is 5.41 Å². The van der Waals surface area contributed by atoms with Crippen molar-refractivity contribution in [3.05, 3.63) is 23.8 Å². The van der Waals surface area contributed by atoms with Crippen LogP contribution in [0.25, 0.3) is 0 Å². The second-order valence-corrected chi connectivity index (χ2v) is 13.0. The third kappa shape index (κ3) is 7.58. The average molecular weight is 602 g/mol. The van der Waals surface area contributed by atoms with E-state index >= 15 is 0 Å². The predicted octanol–water partition coefficient (Wildman–Crippen LogP) is 3.67. The summed E-state index contributed by atoms with van der Waals surface area (Å²) in [5, 5.41) is 16.4. The Kier molecular flexibility index (Phi) is 10.3. The summed E-state index contributed by atoms with van der Waals surface area (Å²) in [7, 11) is 6.40. The molecule has 4 amide bonds. The van der Waals surface area contributed by atoms with E-state index in [2.05, 4.69) is 0 Å². The standard InChI is InChI=1S/C31H47N5O7/c1-30(2,3)35(29(40)41)23(11-13-26(37)33(6)7)27(38)34-16-14-21(15-17-34)36-28(39)31(4,5)19-22(32-36)20-10-12-24(42-8)25(18-20)43-9/h10,12,18,21,23H,11,13-17,19H2,1-9H3,(H,40,41)/t23-/m1/s1. The third-order valence-electron chi connectivity index (χ3n) is 8.12. The number of ether oxygens (including phenoxy) is 2. The Morgan fingerprint density at radius 1 is 1.09 bits per heavy atom. The summed E-state index contributed by atoms with van der Waals surface area (Å²) in [6, 6.07) is 4.33. The van der Waals surface area contributed by atoms with Gasteiger partial charge in [-0.1, -0.05) is 13.8 Å². The van der Waals surface area contributed by atoms with Crippen molar-refractivity contribution in [3.63, 3.8) is 0 Å². The number of hydrogen-bond acceptors (Lipinski definition) is 7. The highest BCUT2D eigenvalue weighted by atomic mass is 16.5. The van der Waals surface area contributed by atoms with Crippen LogP contribution >= 0.6 is 0 Å². The number of piperidine rings is 1. The molecular weight excluding hydrogens is 554 g/mol. The normalized spacial score (nSPS) is 18.1. The Bertz CT molecular complexity index is 1250. The van der Waals surface area contributed by atoms with Crippen LogP contribution in [0.4, 0.5) is 4.79 Å². The molecular formula is C31H47N5O7. The zero-order valence-electron chi connectivity index (χ0n) is 27.0. The van der Waals surface area contributed by atoms with Gasteiger partial charge in [-0.15, -0.1) is 0 Å². The Morgan fingerprint density at radius 2 is 1.70 bits per heavy atom. The second-order valence-electron chi connectivity index (χ2n) is 13.0. The lowest BCUT2D eigenvalue weighted by molar-refractivity contribution is -0.146. The number of benzene rings is 1. The fourth-order valence-electron chi connectivity index (χ4n) is 5.71. The van der Waals surface area contributed by atoms with Crippen LogP contribution in [0.15, 0.2) is 23.3 Å². The molecule has 0 unspecified atom stereocenters. The van der Waals surface area contributed by atoms with Crippen LogP contribution in [0.3, 0.4) is 0 Å². The van der Waals surface area contributed by atoms with Crippen LogP contribution in [0.2, 0.25) is 0 Å². The predicted molar refractivity (Wildman–Crippen MR) is 162 cm³/mol. The monoisotopic (exact) mass is 601 g/mol. The molecule has 1 aromatic carbocycles. The van der Waals surface area contributed by atoms with Crippen LogP contribution in [0.1, 0.15) is 72.3 Å². The lowest BCUT2D eigenvalue weighted by Gasteiger charge is -2.44. The molecule has 1 atom stereocenters. The molecule has 0 aromatic heterocycles. The Balaban J connectivity index is 1.83. The summed E-state index contributed by atoms with van der Waals surface area (Å²) in [6.45, 7) is 9.69. The van der Waals surface area contributed by atoms with E-state index in [9.17, 15) is 24.3 Å². The molecule has 2 heterocycles. The molecule has 3 rings (SSSR count). The highest BCUT2D eigenvalue weighted by Crippen LogP contribution is 2.36. The number of carbonyl (C=O) groups is 4. The first kappa shape index (κ1) is 33.7. The van der Waals surface area contributed by atoms with E-state index < -0.39 is 23.1 Å². The maximum atomic E-state index is 13.8. The molecule has 0 spiro atoms. The first-order valence-electron chi connectivity index (χ1n) is 14.7. The highest BCUT2D eigenvalue weighted by molar-refractivity contribution is 6.06. The zero-order valence-corrected chi connectivity index (χ0v) is 27.0. The van der Waals surface area contributed by atoms with Crippen molar-refractivity contribution < 1.29 is 33.8 Å². The number of hydrogen-bond donors (Lipinski definition) is 1. The van der Waals surface area contributed by atoms with Crippen LogP contribution in [-0.2, 0) is 14.4 Å². The number of methoxy groups -OCH3 is 2. The zero-order chi connectivity index (χ0) is 32.3. The van der Waals surface area contributed by atoms with Gasteiger partial charge in [-0.05, 0) is 58.2 Å². The molecule has 0 saturated carbocycles. The maximum absolute atomic E-state index is 13.8. The minimum absolute atomic E-state index is 0.0464. The molecule has 2 aliphatic rings. The van der Waals surface area contributed by atoms with Gasteiger partial charge in [-0.3, -0.25) is 19.3 Å². The topological polar surface area (TPSA) is 132 Å². The van der Waals surface area contributed by atoms with Crippen LogP contribution < -0.4 is 9.47 Å². The van der Waals surface area contributed by atoms with Crippen molar-refractivity contribution in [1.82, 2.24) is 19.7 Å². The summed E-state index contributed by atoms with van der Waals surface area (Å²) < 4.78 is 10.8. The van der Waals surface area contributed by atoms with Crippen molar-refractivity contribution in [2.24, 2.45) is 10.5 Å². The van der Waals surface area contributed by atoms with Gasteiger partial charge in [0.15, 0.2) is 11.5 Å². The van der Waals surface area contributed by atoms with Gasteiger partial charge in [-0.25, -0.2) is 9.80 Å². The molecule has 1 aromatic rings. The first-order chi connectivity index (χ1) is 20.0. The van der Waals surface area contributed by atoms with Crippen molar-refractivity contribution in [3.8, 4) is 11.5 Å². The van der Waals surface area contributed by atoms with Gasteiger partial charge in [0.2, 0.25) is 17.7 Å². The van der Waals surface area contributed by atoms with Crippen molar-refractivity contribution in [2.75, 3.05) is 41.4 Å². The minimum atomic E-state index is -1.21. The van der Waals surface area contributed by atoms with Crippen molar-refractivity contribution >= 4 is 29.5 Å². The van der Waals surface area contributed by atoms with E-state index in [4.69, 9.17) is 14.6 Å². The van der Waals surface area contributed by atoms with E-state index in [1.165, 1.54) is 4.90 Å². The number of carbonyl (C=O) groups excluding carboxylic acids is 3. The summed E-state index contributed by atoms with van der Waals surface area (Å²) >= 11 is 0. The Labute approximate surface area is 254 Å². The summed E-state index contributed by atoms with van der Waals surface area (Å²) in [5.74, 6) is 0.589. The van der Waals surface area contributed by atoms with E-state index in [1.54, 1.807) is 59.0 Å². The van der Waals surface area contributed by atoms with E-state index in [-0.39, 0.29) is 36.6 Å². The van der Waals surface area contributed by atoms with Gasteiger partial charge in [0.05, 0.1) is 31.4 Å². The van der Waals surface area contributed by atoms with Crippen molar-refractivity contribution in [1.29, 1.82) is 0 Å². The molecule has 0 aliphatic carbocycles. The molecule has 238 valence electrons. The summed E-state index contributed by atoms with van der Waals surface area (Å²) in [6.07, 6.45) is 0.350. The molecule has 0 bridgehead atoms. The second kappa shape index (κ2) is 13.2. The molecule has 1 fully saturated rings. The number of amides is 4. The molecule has 12 nitrogen and oxygen atoms in total. The number of rotatable bonds is 9. The molecule has 2 aliphatic heterocycles. The summed E-state index contributed by atoms with van der Waals surface area (Å²) in [5.41, 5.74) is 0.0571. The van der Waals surface area contributed by atoms with Gasteiger partial charge < -0.3 is 24.4 Å². The minimum Gasteiger partial charge on any atom is -0.493 e. The average Bonchev–Trinajstić information content (AvgIpc) is 2.94. The quantitative estimate of drug-likeness (QED) is 0.457. The number of hydrazone groups is 1. The maximum Gasteiger partial charge on any atom is 0.408 e. The summed E-state index contributed by atoms with van der Waals surface area (Å²) in [4.78, 5) is 56.3. The van der Waals surface area contributed by atoms with Gasteiger partial charge in [0.25, 0.3) is 0 Å². The van der Waals surface area contributed by atoms with E-state index in [0.717, 1.165) is 16.2 Å². The molecule has 43 heavy (non-hydrogen) atoms. The molecule has 12 heteroatoms. The number of carboxylic acid groups (broad SMARTS) is 1. The van der Waals surface area contributed by atoms with Crippen LogP contribution in [0.5, 0.6) is 11.5 Å².